The second kappa shape index (κ2) is 7.70. The Hall–Kier alpha value is -1.81. The van der Waals surface area contributed by atoms with Crippen LogP contribution in [0.15, 0.2) is 24.3 Å². The highest BCUT2D eigenvalue weighted by Gasteiger charge is 2.24. The van der Waals surface area contributed by atoms with E-state index >= 15 is 0 Å². The topological polar surface area (TPSA) is 70.9 Å². The van der Waals surface area contributed by atoms with Crippen LogP contribution in [0.5, 0.6) is 0 Å². The molecule has 0 radical (unpaired) electrons. The van der Waals surface area contributed by atoms with Crippen molar-refractivity contribution in [2.45, 2.75) is 46.7 Å². The Morgan fingerprint density at radius 2 is 1.85 bits per heavy atom. The summed E-state index contributed by atoms with van der Waals surface area (Å²) in [5.41, 5.74) is 8.84. The van der Waals surface area contributed by atoms with E-state index in [4.69, 9.17) is 5.73 Å². The number of fused-ring (bicyclic) bond motifs is 3. The summed E-state index contributed by atoms with van der Waals surface area (Å²) in [6, 6.07) is 7.90. The van der Waals surface area contributed by atoms with E-state index in [9.17, 15) is 4.79 Å². The summed E-state index contributed by atoms with van der Waals surface area (Å²) in [4.78, 5) is 14.5. The van der Waals surface area contributed by atoms with Crippen LogP contribution in [0.3, 0.4) is 0 Å². The third-order valence-electron chi connectivity index (χ3n) is 3.18. The first-order chi connectivity index (χ1) is 9.75. The van der Waals surface area contributed by atoms with Crippen LogP contribution >= 0.6 is 0 Å². The molecular formula is C16H25N3O. The fraction of sp³-hybridized carbons (Fsp3) is 0.438. The predicted octanol–water partition coefficient (Wildman–Crippen LogP) is 2.72. The van der Waals surface area contributed by atoms with Gasteiger partial charge in [0.05, 0.1) is 6.04 Å². The number of amides is 1. The second-order valence-electron chi connectivity index (χ2n) is 4.17. The largest absolute Gasteiger partial charge is 0.368 e. The van der Waals surface area contributed by atoms with Crippen LogP contribution in [0, 0.1) is 0 Å². The average Bonchev–Trinajstić information content (AvgIpc) is 2.89. The maximum Gasteiger partial charge on any atom is 0.234 e. The number of carbonyl (C=O) groups is 1. The average molecular weight is 275 g/mol. The van der Waals surface area contributed by atoms with Gasteiger partial charge in [-0.15, -0.1) is 0 Å². The number of hydrogen-bond acceptors (Lipinski definition) is 2. The minimum absolute atomic E-state index is 0.244. The molecule has 4 nitrogen and oxygen atoms in total. The Balaban J connectivity index is 0.000000461. The number of hydrogen-bond donors (Lipinski definition) is 3. The number of carbonyl (C=O) groups excluding carboxylic acids is 1. The molecule has 3 rings (SSSR count). The van der Waals surface area contributed by atoms with Gasteiger partial charge in [-0.25, -0.2) is 0 Å². The SMILES string of the molecule is CC.CC.NC(=O)C1Cc2c([nH]c3ccccc23)CN1. The summed E-state index contributed by atoms with van der Waals surface area (Å²) < 4.78 is 0. The van der Waals surface area contributed by atoms with Crippen LogP contribution in [-0.2, 0) is 17.8 Å². The van der Waals surface area contributed by atoms with E-state index in [0.29, 0.717) is 13.0 Å². The Morgan fingerprint density at radius 3 is 2.50 bits per heavy atom. The molecule has 0 bridgehead atoms. The summed E-state index contributed by atoms with van der Waals surface area (Å²) in [6.45, 7) is 8.68. The van der Waals surface area contributed by atoms with Crippen molar-refractivity contribution in [2.75, 3.05) is 0 Å². The molecule has 1 aliphatic heterocycles. The fourth-order valence-corrected chi connectivity index (χ4v) is 2.34. The zero-order valence-electron chi connectivity index (χ0n) is 12.8. The molecule has 4 N–H and O–H groups in total. The molecule has 0 saturated carbocycles. The normalized spacial score (nSPS) is 16.3. The van der Waals surface area contributed by atoms with Gasteiger partial charge in [-0.05, 0) is 18.1 Å². The molecule has 2 aromatic rings. The van der Waals surface area contributed by atoms with Crippen molar-refractivity contribution in [1.29, 1.82) is 0 Å². The van der Waals surface area contributed by atoms with E-state index in [2.05, 4.69) is 16.4 Å². The summed E-state index contributed by atoms with van der Waals surface area (Å²) in [5.74, 6) is -0.282. The van der Waals surface area contributed by atoms with Crippen molar-refractivity contribution >= 4 is 16.8 Å². The Bertz CT molecular complexity index is 560. The zero-order valence-corrected chi connectivity index (χ0v) is 12.8. The number of nitrogens with one attached hydrogen (secondary N) is 2. The minimum Gasteiger partial charge on any atom is -0.368 e. The van der Waals surface area contributed by atoms with Gasteiger partial charge in [0.1, 0.15) is 0 Å². The van der Waals surface area contributed by atoms with Crippen LogP contribution in [0.4, 0.5) is 0 Å². The lowest BCUT2D eigenvalue weighted by atomic mass is 9.98. The molecule has 0 aliphatic carbocycles. The molecule has 1 aromatic carbocycles. The van der Waals surface area contributed by atoms with Crippen molar-refractivity contribution < 1.29 is 4.79 Å². The number of nitrogens with two attached hydrogens (primary N) is 1. The second-order valence-corrected chi connectivity index (χ2v) is 4.17. The zero-order chi connectivity index (χ0) is 15.1. The van der Waals surface area contributed by atoms with Crippen LogP contribution in [0.1, 0.15) is 39.0 Å². The molecule has 1 aliphatic rings. The molecule has 1 amide bonds. The molecule has 2 heterocycles. The number of H-pyrrole nitrogens is 1. The van der Waals surface area contributed by atoms with Gasteiger partial charge in [-0.1, -0.05) is 45.9 Å². The molecule has 1 unspecified atom stereocenters. The van der Waals surface area contributed by atoms with Gasteiger partial charge in [0.15, 0.2) is 0 Å². The lowest BCUT2D eigenvalue weighted by molar-refractivity contribution is -0.120. The number of primary amides is 1. The maximum atomic E-state index is 11.2. The lowest BCUT2D eigenvalue weighted by Crippen LogP contribution is -2.45. The molecule has 1 aromatic heterocycles. The van der Waals surface area contributed by atoms with Crippen LogP contribution in [0.25, 0.3) is 10.9 Å². The highest BCUT2D eigenvalue weighted by molar-refractivity contribution is 5.87. The van der Waals surface area contributed by atoms with Crippen molar-refractivity contribution in [1.82, 2.24) is 10.3 Å². The first-order valence-corrected chi connectivity index (χ1v) is 7.37. The molecule has 20 heavy (non-hydrogen) atoms. The third kappa shape index (κ3) is 3.20. The molecule has 4 heteroatoms. The summed E-state index contributed by atoms with van der Waals surface area (Å²) in [6.07, 6.45) is 0.675. The number of benzene rings is 1. The van der Waals surface area contributed by atoms with E-state index in [1.807, 2.05) is 45.9 Å². The van der Waals surface area contributed by atoms with Crippen molar-refractivity contribution in [2.24, 2.45) is 5.73 Å². The van der Waals surface area contributed by atoms with Gasteiger partial charge < -0.3 is 10.7 Å². The van der Waals surface area contributed by atoms with Crippen molar-refractivity contribution in [3.63, 3.8) is 0 Å². The highest BCUT2D eigenvalue weighted by Crippen LogP contribution is 2.26. The summed E-state index contributed by atoms with van der Waals surface area (Å²) in [7, 11) is 0. The van der Waals surface area contributed by atoms with Gasteiger partial charge in [0.25, 0.3) is 0 Å². The van der Waals surface area contributed by atoms with Crippen LogP contribution < -0.4 is 11.1 Å². The van der Waals surface area contributed by atoms with Gasteiger partial charge in [0.2, 0.25) is 5.91 Å². The van der Waals surface area contributed by atoms with E-state index < -0.39 is 0 Å². The molecule has 1 atom stereocenters. The molecule has 110 valence electrons. The number of aromatic nitrogens is 1. The number of aromatic amines is 1. The Kier molecular flexibility index (Phi) is 6.25. The van der Waals surface area contributed by atoms with Gasteiger partial charge in [-0.3, -0.25) is 10.1 Å². The maximum absolute atomic E-state index is 11.2. The monoisotopic (exact) mass is 275 g/mol. The highest BCUT2D eigenvalue weighted by atomic mass is 16.1. The van der Waals surface area contributed by atoms with Gasteiger partial charge in [0, 0.05) is 23.1 Å². The Labute approximate surface area is 120 Å². The van der Waals surface area contributed by atoms with E-state index in [1.54, 1.807) is 0 Å². The van der Waals surface area contributed by atoms with Gasteiger partial charge >= 0.3 is 0 Å². The van der Waals surface area contributed by atoms with E-state index in [0.717, 1.165) is 5.52 Å². The summed E-state index contributed by atoms with van der Waals surface area (Å²) >= 11 is 0. The first-order valence-electron chi connectivity index (χ1n) is 7.37. The van der Waals surface area contributed by atoms with Crippen LogP contribution in [-0.4, -0.2) is 16.9 Å². The number of para-hydroxylation sites is 1. The van der Waals surface area contributed by atoms with Crippen molar-refractivity contribution in [3.8, 4) is 0 Å². The standard InChI is InChI=1S/C12H13N3O.2C2H6/c13-12(16)10-5-8-7-3-1-2-4-9(7)15-11(8)6-14-10;2*1-2/h1-4,10,14-15H,5-6H2,(H2,13,16);2*1-2H3. The Morgan fingerprint density at radius 1 is 1.20 bits per heavy atom. The number of rotatable bonds is 1. The quantitative estimate of drug-likeness (QED) is 0.749. The minimum atomic E-state index is -0.282. The molecule has 0 spiro atoms. The van der Waals surface area contributed by atoms with Gasteiger partial charge in [-0.2, -0.15) is 0 Å². The van der Waals surface area contributed by atoms with Crippen LogP contribution in [0.2, 0.25) is 0 Å². The smallest absolute Gasteiger partial charge is 0.234 e. The van der Waals surface area contributed by atoms with E-state index in [1.165, 1.54) is 16.6 Å². The molecule has 0 fully saturated rings. The summed E-state index contributed by atoms with van der Waals surface area (Å²) in [5, 5.41) is 4.33. The predicted molar refractivity (Wildman–Crippen MR) is 84.5 cm³/mol. The molecular weight excluding hydrogens is 250 g/mol. The van der Waals surface area contributed by atoms with E-state index in [-0.39, 0.29) is 11.9 Å². The first kappa shape index (κ1) is 16.2. The third-order valence-corrected chi connectivity index (χ3v) is 3.18. The lowest BCUT2D eigenvalue weighted by Gasteiger charge is -2.21. The van der Waals surface area contributed by atoms with Crippen molar-refractivity contribution in [3.05, 3.63) is 35.5 Å². The fourth-order valence-electron chi connectivity index (χ4n) is 2.34. The molecule has 0 saturated heterocycles.